The Balaban J connectivity index is 1.95. The molecule has 1 N–H and O–H groups in total. The highest BCUT2D eigenvalue weighted by Gasteiger charge is 2.27. The van der Waals surface area contributed by atoms with Crippen molar-refractivity contribution >= 4 is 40.0 Å². The number of carbonyl (C=O) groups excluding carboxylic acids is 2. The fourth-order valence-corrected chi connectivity index (χ4v) is 4.94. The summed E-state index contributed by atoms with van der Waals surface area (Å²) in [5.74, 6) is -0.524. The van der Waals surface area contributed by atoms with Crippen molar-refractivity contribution < 1.29 is 14.3 Å². The van der Waals surface area contributed by atoms with Crippen molar-refractivity contribution in [2.24, 2.45) is 0 Å². The monoisotopic (exact) mass is 375 g/mol. The Bertz CT molecular complexity index is 798. The summed E-state index contributed by atoms with van der Waals surface area (Å²) < 4.78 is 5.24. The third-order valence-corrected chi connectivity index (χ3v) is 6.23. The Morgan fingerprint density at radius 2 is 2.00 bits per heavy atom. The molecule has 0 aliphatic heterocycles. The number of thioether (sulfide) groups is 1. The number of carbonyl (C=O) groups is 2. The van der Waals surface area contributed by atoms with Gasteiger partial charge in [0.15, 0.2) is 0 Å². The van der Waals surface area contributed by atoms with E-state index < -0.39 is 0 Å². The Morgan fingerprint density at radius 3 is 2.76 bits per heavy atom. The quantitative estimate of drug-likeness (QED) is 0.604. The largest absolute Gasteiger partial charge is 0.462 e. The maximum atomic E-state index is 12.8. The lowest BCUT2D eigenvalue weighted by Gasteiger charge is -2.12. The fourth-order valence-electron chi connectivity index (χ4n) is 3.08. The molecule has 1 aromatic heterocycles. The molecule has 1 heterocycles. The normalized spacial score (nSPS) is 13.2. The summed E-state index contributed by atoms with van der Waals surface area (Å²) in [7, 11) is 0. The summed E-state index contributed by atoms with van der Waals surface area (Å²) in [5.41, 5.74) is 2.23. The molecule has 1 aliphatic rings. The van der Waals surface area contributed by atoms with Gasteiger partial charge in [-0.1, -0.05) is 12.1 Å². The van der Waals surface area contributed by atoms with Gasteiger partial charge < -0.3 is 10.1 Å². The van der Waals surface area contributed by atoms with Gasteiger partial charge in [0.2, 0.25) is 0 Å². The lowest BCUT2D eigenvalue weighted by Crippen LogP contribution is -2.16. The highest BCUT2D eigenvalue weighted by Crippen LogP contribution is 2.39. The molecule has 0 spiro atoms. The Hall–Kier alpha value is -1.79. The van der Waals surface area contributed by atoms with Gasteiger partial charge in [0.1, 0.15) is 5.00 Å². The number of nitrogens with one attached hydrogen (secondary N) is 1. The van der Waals surface area contributed by atoms with Gasteiger partial charge in [-0.2, -0.15) is 0 Å². The smallest absolute Gasteiger partial charge is 0.341 e. The number of anilines is 1. The molecular formula is C19H21NO3S2. The molecule has 4 nitrogen and oxygen atoms in total. The molecule has 25 heavy (non-hydrogen) atoms. The highest BCUT2D eigenvalue weighted by molar-refractivity contribution is 7.98. The van der Waals surface area contributed by atoms with Crippen LogP contribution in [-0.2, 0) is 17.6 Å². The molecule has 2 aromatic rings. The van der Waals surface area contributed by atoms with Crippen molar-refractivity contribution in [3.8, 4) is 0 Å². The topological polar surface area (TPSA) is 55.4 Å². The van der Waals surface area contributed by atoms with Crippen LogP contribution in [0, 0.1) is 0 Å². The van der Waals surface area contributed by atoms with Gasteiger partial charge in [-0.3, -0.25) is 4.79 Å². The van der Waals surface area contributed by atoms with Crippen LogP contribution in [-0.4, -0.2) is 24.7 Å². The number of thiophene rings is 1. The minimum atomic E-state index is -0.338. The van der Waals surface area contributed by atoms with Crippen LogP contribution in [0.2, 0.25) is 0 Å². The van der Waals surface area contributed by atoms with Crippen molar-refractivity contribution in [3.63, 3.8) is 0 Å². The van der Waals surface area contributed by atoms with Gasteiger partial charge in [-0.25, -0.2) is 4.79 Å². The molecule has 0 saturated carbocycles. The van der Waals surface area contributed by atoms with Gasteiger partial charge in [0.05, 0.1) is 17.7 Å². The zero-order valence-electron chi connectivity index (χ0n) is 14.4. The second kappa shape index (κ2) is 8.06. The summed E-state index contributed by atoms with van der Waals surface area (Å²) in [6.45, 7) is 2.12. The van der Waals surface area contributed by atoms with Crippen LogP contribution in [0.15, 0.2) is 29.2 Å². The molecule has 0 fully saturated rings. The van der Waals surface area contributed by atoms with E-state index in [1.165, 1.54) is 28.0 Å². The average molecular weight is 376 g/mol. The van der Waals surface area contributed by atoms with Crippen LogP contribution in [0.1, 0.15) is 50.9 Å². The SMILES string of the molecule is CCOC(=O)c1c(NC(=O)c2ccccc2SC)sc2c1CCCC2. The minimum absolute atomic E-state index is 0.186. The van der Waals surface area contributed by atoms with E-state index in [0.717, 1.165) is 36.1 Å². The summed E-state index contributed by atoms with van der Waals surface area (Å²) in [4.78, 5) is 27.4. The number of benzene rings is 1. The van der Waals surface area contributed by atoms with E-state index in [1.54, 1.807) is 13.0 Å². The van der Waals surface area contributed by atoms with Crippen molar-refractivity contribution in [1.82, 2.24) is 0 Å². The minimum Gasteiger partial charge on any atom is -0.462 e. The van der Waals surface area contributed by atoms with Crippen molar-refractivity contribution in [2.75, 3.05) is 18.2 Å². The second-order valence-electron chi connectivity index (χ2n) is 5.79. The average Bonchev–Trinajstić information content (AvgIpc) is 2.99. The standard InChI is InChI=1S/C19H21NO3S2/c1-3-23-19(22)16-12-8-4-7-11-15(12)25-18(16)20-17(21)13-9-5-6-10-14(13)24-2/h5-6,9-10H,3-4,7-8,11H2,1-2H3,(H,20,21). The maximum absolute atomic E-state index is 12.8. The van der Waals surface area contributed by atoms with E-state index in [4.69, 9.17) is 4.74 Å². The molecule has 0 saturated heterocycles. The predicted octanol–water partition coefficient (Wildman–Crippen LogP) is 4.78. The molecule has 0 atom stereocenters. The Morgan fingerprint density at radius 1 is 1.24 bits per heavy atom. The molecule has 132 valence electrons. The molecule has 6 heteroatoms. The van der Waals surface area contributed by atoms with Gasteiger partial charge in [-0.05, 0) is 56.6 Å². The van der Waals surface area contributed by atoms with E-state index >= 15 is 0 Å². The predicted molar refractivity (Wildman–Crippen MR) is 103 cm³/mol. The number of esters is 1. The maximum Gasteiger partial charge on any atom is 0.341 e. The number of amides is 1. The van der Waals surface area contributed by atoms with E-state index in [1.807, 2.05) is 24.5 Å². The van der Waals surface area contributed by atoms with Crippen molar-refractivity contribution in [3.05, 3.63) is 45.8 Å². The number of rotatable bonds is 5. The molecule has 0 bridgehead atoms. The first-order valence-electron chi connectivity index (χ1n) is 8.41. The lowest BCUT2D eigenvalue weighted by atomic mass is 9.95. The van der Waals surface area contributed by atoms with Crippen molar-refractivity contribution in [2.45, 2.75) is 37.5 Å². The summed E-state index contributed by atoms with van der Waals surface area (Å²) in [6.07, 6.45) is 5.97. The number of ether oxygens (including phenoxy) is 1. The van der Waals surface area contributed by atoms with Gasteiger partial charge in [0, 0.05) is 9.77 Å². The molecule has 1 amide bonds. The molecule has 1 aliphatic carbocycles. The zero-order chi connectivity index (χ0) is 17.8. The van der Waals surface area contributed by atoms with Gasteiger partial charge in [-0.15, -0.1) is 23.1 Å². The Labute approximate surface area is 156 Å². The van der Waals surface area contributed by atoms with Gasteiger partial charge >= 0.3 is 5.97 Å². The van der Waals surface area contributed by atoms with Crippen LogP contribution >= 0.6 is 23.1 Å². The number of hydrogen-bond donors (Lipinski definition) is 1. The molecule has 0 radical (unpaired) electrons. The molecule has 0 unspecified atom stereocenters. The van der Waals surface area contributed by atoms with Crippen LogP contribution < -0.4 is 5.32 Å². The summed E-state index contributed by atoms with van der Waals surface area (Å²) in [5, 5.41) is 3.58. The zero-order valence-corrected chi connectivity index (χ0v) is 16.0. The highest BCUT2D eigenvalue weighted by atomic mass is 32.2. The third-order valence-electron chi connectivity index (χ3n) is 4.23. The first kappa shape index (κ1) is 18.0. The second-order valence-corrected chi connectivity index (χ2v) is 7.74. The number of hydrogen-bond acceptors (Lipinski definition) is 5. The number of aryl methyl sites for hydroxylation is 1. The molecule has 1 aromatic carbocycles. The lowest BCUT2D eigenvalue weighted by molar-refractivity contribution is 0.0526. The molecule has 3 rings (SSSR count). The summed E-state index contributed by atoms with van der Waals surface area (Å²) >= 11 is 3.04. The van der Waals surface area contributed by atoms with E-state index in [0.29, 0.717) is 22.7 Å². The van der Waals surface area contributed by atoms with E-state index in [-0.39, 0.29) is 11.9 Å². The van der Waals surface area contributed by atoms with E-state index in [2.05, 4.69) is 5.32 Å². The van der Waals surface area contributed by atoms with Gasteiger partial charge in [0.25, 0.3) is 5.91 Å². The number of fused-ring (bicyclic) bond motifs is 1. The summed E-state index contributed by atoms with van der Waals surface area (Å²) in [6, 6.07) is 7.49. The molecular weight excluding hydrogens is 354 g/mol. The first-order valence-corrected chi connectivity index (χ1v) is 10.5. The van der Waals surface area contributed by atoms with Crippen molar-refractivity contribution in [1.29, 1.82) is 0 Å². The third kappa shape index (κ3) is 3.75. The Kier molecular flexibility index (Phi) is 5.81. The van der Waals surface area contributed by atoms with E-state index in [9.17, 15) is 9.59 Å². The van der Waals surface area contributed by atoms with Crippen LogP contribution in [0.4, 0.5) is 5.00 Å². The van der Waals surface area contributed by atoms with Crippen LogP contribution in [0.3, 0.4) is 0 Å². The fraction of sp³-hybridized carbons (Fsp3) is 0.368. The van der Waals surface area contributed by atoms with Crippen LogP contribution in [0.5, 0.6) is 0 Å². The van der Waals surface area contributed by atoms with Crippen LogP contribution in [0.25, 0.3) is 0 Å². The first-order chi connectivity index (χ1) is 12.2.